The van der Waals surface area contributed by atoms with Gasteiger partial charge in [0.05, 0.1) is 23.9 Å². The van der Waals surface area contributed by atoms with E-state index in [1.165, 1.54) is 34.5 Å². The van der Waals surface area contributed by atoms with Crippen molar-refractivity contribution in [2.75, 3.05) is 0 Å². The standard InChI is InChI=1S/C26H24ClN3O3S/c1-26(2,3)19-8-6-17(7-9-19)13-23-24(32)30(16-21-5-4-12-33-21)25(34-23)29-28-15-18-14-20(27)10-11-22(18)31/h4-15,31H,16H2,1-3H3/b23-13-,28-15+,29-25-. The second-order valence-electron chi connectivity index (χ2n) is 8.78. The summed E-state index contributed by atoms with van der Waals surface area (Å²) < 4.78 is 5.43. The Labute approximate surface area is 207 Å². The maximum atomic E-state index is 13.2. The van der Waals surface area contributed by atoms with E-state index in [2.05, 4.69) is 43.1 Å². The van der Waals surface area contributed by atoms with Crippen molar-refractivity contribution < 1.29 is 14.3 Å². The molecule has 1 saturated heterocycles. The summed E-state index contributed by atoms with van der Waals surface area (Å²) in [5.41, 5.74) is 2.63. The molecule has 34 heavy (non-hydrogen) atoms. The van der Waals surface area contributed by atoms with Crippen molar-refractivity contribution in [3.8, 4) is 5.75 Å². The highest BCUT2D eigenvalue weighted by molar-refractivity contribution is 8.18. The summed E-state index contributed by atoms with van der Waals surface area (Å²) in [4.78, 5) is 15.3. The van der Waals surface area contributed by atoms with Crippen LogP contribution < -0.4 is 0 Å². The maximum absolute atomic E-state index is 13.2. The van der Waals surface area contributed by atoms with Crippen LogP contribution in [-0.2, 0) is 16.8 Å². The Bertz CT molecular complexity index is 1270. The zero-order valence-corrected chi connectivity index (χ0v) is 20.6. The number of carbonyl (C=O) groups is 1. The first-order valence-electron chi connectivity index (χ1n) is 10.6. The molecular formula is C26H24ClN3O3S. The average molecular weight is 494 g/mol. The molecule has 1 fully saturated rings. The molecule has 1 N–H and O–H groups in total. The normalized spacial score (nSPS) is 16.9. The van der Waals surface area contributed by atoms with Crippen LogP contribution in [0.5, 0.6) is 5.75 Å². The van der Waals surface area contributed by atoms with Gasteiger partial charge in [0.2, 0.25) is 0 Å². The third-order valence-electron chi connectivity index (χ3n) is 5.19. The van der Waals surface area contributed by atoms with E-state index in [4.69, 9.17) is 16.0 Å². The summed E-state index contributed by atoms with van der Waals surface area (Å²) in [6, 6.07) is 16.4. The minimum absolute atomic E-state index is 0.0373. The summed E-state index contributed by atoms with van der Waals surface area (Å²) in [7, 11) is 0. The second-order valence-corrected chi connectivity index (χ2v) is 10.2. The third-order valence-corrected chi connectivity index (χ3v) is 6.42. The monoisotopic (exact) mass is 493 g/mol. The summed E-state index contributed by atoms with van der Waals surface area (Å²) in [5, 5.41) is 19.2. The van der Waals surface area contributed by atoms with E-state index >= 15 is 0 Å². The van der Waals surface area contributed by atoms with Gasteiger partial charge in [0, 0.05) is 10.6 Å². The molecule has 0 atom stereocenters. The molecule has 0 saturated carbocycles. The molecular weight excluding hydrogens is 470 g/mol. The predicted octanol–water partition coefficient (Wildman–Crippen LogP) is 6.44. The Hall–Kier alpha value is -3.29. The SMILES string of the molecule is CC(C)(C)c1ccc(/C=C2\S/C(=N\N=C\c3cc(Cl)ccc3O)N(Cc3ccco3)C2=O)cc1. The number of thioether (sulfide) groups is 1. The number of amides is 1. The minimum atomic E-state index is -0.180. The Morgan fingerprint density at radius 2 is 1.91 bits per heavy atom. The number of benzene rings is 2. The van der Waals surface area contributed by atoms with Gasteiger partial charge in [-0.3, -0.25) is 9.69 Å². The van der Waals surface area contributed by atoms with Gasteiger partial charge >= 0.3 is 0 Å². The fraction of sp³-hybridized carbons (Fsp3) is 0.192. The highest BCUT2D eigenvalue weighted by Crippen LogP contribution is 2.34. The first-order valence-corrected chi connectivity index (χ1v) is 11.8. The number of rotatable bonds is 5. The number of halogens is 1. The van der Waals surface area contributed by atoms with Gasteiger partial charge in [-0.25, -0.2) is 0 Å². The molecule has 0 aliphatic carbocycles. The highest BCUT2D eigenvalue weighted by atomic mass is 35.5. The van der Waals surface area contributed by atoms with E-state index in [1.54, 1.807) is 30.5 Å². The number of furan rings is 1. The molecule has 1 aromatic heterocycles. The zero-order valence-electron chi connectivity index (χ0n) is 19.0. The van der Waals surface area contributed by atoms with E-state index in [9.17, 15) is 9.90 Å². The molecule has 0 bridgehead atoms. The van der Waals surface area contributed by atoms with E-state index in [-0.39, 0.29) is 23.6 Å². The van der Waals surface area contributed by atoms with Crippen LogP contribution >= 0.6 is 23.4 Å². The molecule has 3 aromatic rings. The topological polar surface area (TPSA) is 78.4 Å². The van der Waals surface area contributed by atoms with Crippen molar-refractivity contribution in [1.82, 2.24) is 4.90 Å². The van der Waals surface area contributed by atoms with Crippen LogP contribution in [0, 0.1) is 0 Å². The second kappa shape index (κ2) is 9.91. The summed E-state index contributed by atoms with van der Waals surface area (Å²) in [6.45, 7) is 6.72. The molecule has 6 nitrogen and oxygen atoms in total. The number of phenolic OH excluding ortho intramolecular Hbond substituents is 1. The Morgan fingerprint density at radius 3 is 2.59 bits per heavy atom. The van der Waals surface area contributed by atoms with Crippen LogP contribution in [0.25, 0.3) is 6.08 Å². The van der Waals surface area contributed by atoms with Gasteiger partial charge in [0.1, 0.15) is 11.5 Å². The molecule has 174 valence electrons. The number of phenols is 1. The number of hydrogen-bond acceptors (Lipinski definition) is 6. The number of aromatic hydroxyl groups is 1. The van der Waals surface area contributed by atoms with Crippen molar-refractivity contribution in [3.05, 3.63) is 93.2 Å². The lowest BCUT2D eigenvalue weighted by Gasteiger charge is -2.18. The van der Waals surface area contributed by atoms with Crippen LogP contribution in [0.4, 0.5) is 0 Å². The molecule has 0 unspecified atom stereocenters. The van der Waals surface area contributed by atoms with Gasteiger partial charge < -0.3 is 9.52 Å². The summed E-state index contributed by atoms with van der Waals surface area (Å²) in [5.74, 6) is 0.491. The number of carbonyl (C=O) groups excluding carboxylic acids is 1. The third kappa shape index (κ3) is 5.61. The van der Waals surface area contributed by atoms with Crippen molar-refractivity contribution in [3.63, 3.8) is 0 Å². The molecule has 1 amide bonds. The summed E-state index contributed by atoms with van der Waals surface area (Å²) >= 11 is 7.23. The quantitative estimate of drug-likeness (QED) is 0.252. The van der Waals surface area contributed by atoms with Crippen LogP contribution in [0.1, 0.15) is 43.2 Å². The Balaban J connectivity index is 1.62. The van der Waals surface area contributed by atoms with Crippen molar-refractivity contribution in [2.24, 2.45) is 10.2 Å². The fourth-order valence-electron chi connectivity index (χ4n) is 3.28. The van der Waals surface area contributed by atoms with Gasteiger partial charge in [-0.05, 0) is 64.7 Å². The molecule has 2 aromatic carbocycles. The molecule has 0 radical (unpaired) electrons. The molecule has 1 aliphatic heterocycles. The lowest BCUT2D eigenvalue weighted by molar-refractivity contribution is -0.122. The Kier molecular flexibility index (Phi) is 6.95. The smallest absolute Gasteiger partial charge is 0.267 e. The van der Waals surface area contributed by atoms with E-state index in [1.807, 2.05) is 18.2 Å². The van der Waals surface area contributed by atoms with Crippen LogP contribution in [-0.4, -0.2) is 27.3 Å². The van der Waals surface area contributed by atoms with E-state index in [0.717, 1.165) is 5.56 Å². The Morgan fingerprint density at radius 1 is 1.15 bits per heavy atom. The fourth-order valence-corrected chi connectivity index (χ4v) is 4.40. The average Bonchev–Trinajstić information content (AvgIpc) is 3.40. The van der Waals surface area contributed by atoms with Gasteiger partial charge in [-0.15, -0.1) is 5.10 Å². The predicted molar refractivity (Wildman–Crippen MR) is 138 cm³/mol. The van der Waals surface area contributed by atoms with Gasteiger partial charge in [0.15, 0.2) is 5.17 Å². The molecule has 4 rings (SSSR count). The van der Waals surface area contributed by atoms with Crippen molar-refractivity contribution in [1.29, 1.82) is 0 Å². The molecule has 2 heterocycles. The van der Waals surface area contributed by atoms with Gasteiger partial charge in [-0.2, -0.15) is 5.10 Å². The van der Waals surface area contributed by atoms with E-state index in [0.29, 0.717) is 26.4 Å². The van der Waals surface area contributed by atoms with Crippen molar-refractivity contribution >= 4 is 46.7 Å². The molecule has 8 heteroatoms. The number of amidine groups is 1. The van der Waals surface area contributed by atoms with Crippen LogP contribution in [0.15, 0.2) is 80.4 Å². The maximum Gasteiger partial charge on any atom is 0.267 e. The minimum Gasteiger partial charge on any atom is -0.507 e. The van der Waals surface area contributed by atoms with Crippen LogP contribution in [0.2, 0.25) is 5.02 Å². The number of hydrogen-bond donors (Lipinski definition) is 1. The zero-order chi connectivity index (χ0) is 24.3. The summed E-state index contributed by atoms with van der Waals surface area (Å²) in [6.07, 6.45) is 4.81. The largest absolute Gasteiger partial charge is 0.507 e. The first kappa shape index (κ1) is 23.9. The lowest BCUT2D eigenvalue weighted by atomic mass is 9.87. The van der Waals surface area contributed by atoms with Gasteiger partial charge in [0.25, 0.3) is 5.91 Å². The highest BCUT2D eigenvalue weighted by Gasteiger charge is 2.34. The van der Waals surface area contributed by atoms with E-state index < -0.39 is 0 Å². The molecule has 0 spiro atoms. The first-order chi connectivity index (χ1) is 16.2. The van der Waals surface area contributed by atoms with Crippen LogP contribution in [0.3, 0.4) is 0 Å². The lowest BCUT2D eigenvalue weighted by Crippen LogP contribution is -2.28. The van der Waals surface area contributed by atoms with Crippen molar-refractivity contribution in [2.45, 2.75) is 32.7 Å². The molecule has 1 aliphatic rings. The van der Waals surface area contributed by atoms with Gasteiger partial charge in [-0.1, -0.05) is 56.6 Å². The number of nitrogens with zero attached hydrogens (tertiary/aromatic N) is 3.